The van der Waals surface area contributed by atoms with Crippen LogP contribution in [0.25, 0.3) is 11.3 Å². The van der Waals surface area contributed by atoms with Crippen LogP contribution < -0.4 is 0 Å². The lowest BCUT2D eigenvalue weighted by Crippen LogP contribution is -2.35. The van der Waals surface area contributed by atoms with Gasteiger partial charge >= 0.3 is 0 Å². The van der Waals surface area contributed by atoms with Gasteiger partial charge in [-0.05, 0) is 51.0 Å². The zero-order valence-electron chi connectivity index (χ0n) is 17.1. The molecule has 0 radical (unpaired) electrons. The number of aryl methyl sites for hydroxylation is 1. The van der Waals surface area contributed by atoms with Gasteiger partial charge in [0.1, 0.15) is 16.4 Å². The van der Waals surface area contributed by atoms with Crippen LogP contribution >= 0.6 is 0 Å². The van der Waals surface area contributed by atoms with E-state index in [-0.39, 0.29) is 10.7 Å². The lowest BCUT2D eigenvalue weighted by Gasteiger charge is -2.27. The molecule has 7 nitrogen and oxygen atoms in total. The quantitative estimate of drug-likeness (QED) is 0.600. The molecule has 0 bridgehead atoms. The van der Waals surface area contributed by atoms with Crippen molar-refractivity contribution in [3.63, 3.8) is 0 Å². The Balaban J connectivity index is 1.70. The maximum absolute atomic E-state index is 13.6. The summed E-state index contributed by atoms with van der Waals surface area (Å²) >= 11 is 0. The highest BCUT2D eigenvalue weighted by Gasteiger charge is 2.37. The largest absolute Gasteiger partial charge is 0.359 e. The Morgan fingerprint density at radius 1 is 1.20 bits per heavy atom. The third-order valence-corrected chi connectivity index (χ3v) is 7.66. The molecule has 160 valence electrons. The molecule has 2 aromatic heterocycles. The van der Waals surface area contributed by atoms with Crippen LogP contribution in [0.15, 0.2) is 45.9 Å². The SMILES string of the molecule is CCn1ncc(S(=O)(=O)N2CCCCCC2c2cc(-c3ccc(F)cc3)no2)c1C. The van der Waals surface area contributed by atoms with E-state index in [1.165, 1.54) is 22.6 Å². The highest BCUT2D eigenvalue weighted by atomic mass is 32.2. The summed E-state index contributed by atoms with van der Waals surface area (Å²) in [5, 5.41) is 8.32. The number of aromatic nitrogens is 3. The zero-order valence-corrected chi connectivity index (χ0v) is 17.9. The van der Waals surface area contributed by atoms with E-state index < -0.39 is 16.1 Å². The fourth-order valence-corrected chi connectivity index (χ4v) is 5.81. The molecule has 4 rings (SSSR count). The number of halogens is 1. The number of nitrogens with zero attached hydrogens (tertiary/aromatic N) is 4. The minimum absolute atomic E-state index is 0.231. The maximum atomic E-state index is 13.6. The van der Waals surface area contributed by atoms with Gasteiger partial charge in [0.25, 0.3) is 0 Å². The van der Waals surface area contributed by atoms with E-state index in [0.717, 1.165) is 24.8 Å². The van der Waals surface area contributed by atoms with E-state index in [4.69, 9.17) is 4.52 Å². The van der Waals surface area contributed by atoms with Crippen molar-refractivity contribution >= 4 is 10.0 Å². The molecule has 1 fully saturated rings. The van der Waals surface area contributed by atoms with Gasteiger partial charge in [0.05, 0.1) is 17.9 Å². The first-order valence-corrected chi connectivity index (χ1v) is 11.6. The van der Waals surface area contributed by atoms with Crippen molar-refractivity contribution in [3.8, 4) is 11.3 Å². The summed E-state index contributed by atoms with van der Waals surface area (Å²) in [6, 6.07) is 7.29. The van der Waals surface area contributed by atoms with E-state index >= 15 is 0 Å². The molecule has 3 aromatic rings. The van der Waals surface area contributed by atoms with Crippen LogP contribution in [0.5, 0.6) is 0 Å². The van der Waals surface area contributed by atoms with Crippen molar-refractivity contribution in [2.24, 2.45) is 0 Å². The first kappa shape index (κ1) is 20.7. The molecule has 0 saturated carbocycles. The number of rotatable bonds is 5. The van der Waals surface area contributed by atoms with Crippen LogP contribution in [-0.2, 0) is 16.6 Å². The van der Waals surface area contributed by atoms with Crippen LogP contribution in [0, 0.1) is 12.7 Å². The van der Waals surface area contributed by atoms with Crippen LogP contribution in [-0.4, -0.2) is 34.2 Å². The summed E-state index contributed by atoms with van der Waals surface area (Å²) in [4.78, 5) is 0.231. The van der Waals surface area contributed by atoms with Crippen LogP contribution in [0.2, 0.25) is 0 Å². The van der Waals surface area contributed by atoms with Gasteiger partial charge in [-0.3, -0.25) is 4.68 Å². The summed E-state index contributed by atoms with van der Waals surface area (Å²) in [6.07, 6.45) is 4.72. The molecule has 0 N–H and O–H groups in total. The molecular weight excluding hydrogens is 407 g/mol. The fourth-order valence-electron chi connectivity index (χ4n) is 3.98. The van der Waals surface area contributed by atoms with Gasteiger partial charge in [-0.2, -0.15) is 9.40 Å². The predicted molar refractivity (Wildman–Crippen MR) is 110 cm³/mol. The second-order valence-corrected chi connectivity index (χ2v) is 9.37. The minimum Gasteiger partial charge on any atom is -0.359 e. The molecule has 30 heavy (non-hydrogen) atoms. The average molecular weight is 433 g/mol. The van der Waals surface area contributed by atoms with Crippen molar-refractivity contribution in [3.05, 3.63) is 53.8 Å². The molecular formula is C21H25FN4O3S. The average Bonchev–Trinajstić information content (AvgIpc) is 3.28. The van der Waals surface area contributed by atoms with Crippen molar-refractivity contribution < 1.29 is 17.3 Å². The summed E-state index contributed by atoms with van der Waals surface area (Å²) in [6.45, 7) is 4.72. The molecule has 0 aliphatic carbocycles. The second kappa shape index (κ2) is 8.31. The van der Waals surface area contributed by atoms with Crippen LogP contribution in [0.3, 0.4) is 0 Å². The smallest absolute Gasteiger partial charge is 0.247 e. The van der Waals surface area contributed by atoms with Crippen molar-refractivity contribution in [1.29, 1.82) is 0 Å². The molecule has 1 unspecified atom stereocenters. The zero-order chi connectivity index (χ0) is 21.3. The number of hydrogen-bond donors (Lipinski definition) is 0. The minimum atomic E-state index is -3.75. The molecule has 3 heterocycles. The van der Waals surface area contributed by atoms with Gasteiger partial charge in [0.2, 0.25) is 10.0 Å². The fraction of sp³-hybridized carbons (Fsp3) is 0.429. The highest BCUT2D eigenvalue weighted by molar-refractivity contribution is 7.89. The molecule has 1 aliphatic rings. The molecule has 1 aromatic carbocycles. The topological polar surface area (TPSA) is 81.2 Å². The summed E-state index contributed by atoms with van der Waals surface area (Å²) < 4.78 is 49.1. The number of hydrogen-bond acceptors (Lipinski definition) is 5. The van der Waals surface area contributed by atoms with Crippen molar-refractivity contribution in [2.45, 2.75) is 57.0 Å². The van der Waals surface area contributed by atoms with Crippen molar-refractivity contribution in [1.82, 2.24) is 19.2 Å². The monoisotopic (exact) mass is 432 g/mol. The third kappa shape index (κ3) is 3.79. The maximum Gasteiger partial charge on any atom is 0.247 e. The Morgan fingerprint density at radius 2 is 1.97 bits per heavy atom. The highest BCUT2D eigenvalue weighted by Crippen LogP contribution is 2.36. The molecule has 1 atom stereocenters. The second-order valence-electron chi connectivity index (χ2n) is 7.51. The lowest BCUT2D eigenvalue weighted by molar-refractivity contribution is 0.259. The van der Waals surface area contributed by atoms with Crippen LogP contribution in [0.1, 0.15) is 50.1 Å². The summed E-state index contributed by atoms with van der Waals surface area (Å²) in [5.74, 6) is 0.173. The van der Waals surface area contributed by atoms with E-state index in [0.29, 0.717) is 36.7 Å². The summed E-state index contributed by atoms with van der Waals surface area (Å²) in [7, 11) is -3.75. The Bertz CT molecular complexity index is 1120. The first-order chi connectivity index (χ1) is 14.4. The number of sulfonamides is 1. The molecule has 0 spiro atoms. The van der Waals surface area contributed by atoms with E-state index in [9.17, 15) is 12.8 Å². The first-order valence-electron chi connectivity index (χ1n) is 10.2. The van der Waals surface area contributed by atoms with E-state index in [1.807, 2.05) is 6.92 Å². The van der Waals surface area contributed by atoms with Gasteiger partial charge in [-0.15, -0.1) is 0 Å². The van der Waals surface area contributed by atoms with Gasteiger partial charge in [-0.1, -0.05) is 18.0 Å². The van der Waals surface area contributed by atoms with Gasteiger partial charge < -0.3 is 4.52 Å². The third-order valence-electron chi connectivity index (χ3n) is 5.64. The Labute approximate surface area is 175 Å². The molecule has 1 aliphatic heterocycles. The summed E-state index contributed by atoms with van der Waals surface area (Å²) in [5.41, 5.74) is 1.90. The van der Waals surface area contributed by atoms with Crippen molar-refractivity contribution in [2.75, 3.05) is 6.54 Å². The van der Waals surface area contributed by atoms with Gasteiger partial charge in [0.15, 0.2) is 5.76 Å². The van der Waals surface area contributed by atoms with Gasteiger partial charge in [-0.25, -0.2) is 12.8 Å². The molecule has 0 amide bonds. The van der Waals surface area contributed by atoms with Gasteiger partial charge in [0, 0.05) is 24.7 Å². The van der Waals surface area contributed by atoms with Crippen LogP contribution in [0.4, 0.5) is 4.39 Å². The lowest BCUT2D eigenvalue weighted by atomic mass is 10.1. The Kier molecular flexibility index (Phi) is 5.75. The Morgan fingerprint density at radius 3 is 2.67 bits per heavy atom. The standard InChI is InChI=1S/C21H25FN4O3S/c1-3-25-15(2)21(14-23-25)30(27,28)26-12-6-4-5-7-19(26)20-13-18(24-29-20)16-8-10-17(22)11-9-16/h8-11,13-14,19H,3-7,12H2,1-2H3. The normalized spacial score (nSPS) is 18.4. The molecule has 9 heteroatoms. The van der Waals surface area contributed by atoms with E-state index in [1.54, 1.807) is 29.8 Å². The number of benzene rings is 1. The predicted octanol–water partition coefficient (Wildman–Crippen LogP) is 4.31. The Hall–Kier alpha value is -2.52. The van der Waals surface area contributed by atoms with E-state index in [2.05, 4.69) is 10.3 Å². The molecule has 1 saturated heterocycles.